The van der Waals surface area contributed by atoms with Crippen LogP contribution in [0.5, 0.6) is 0 Å². The van der Waals surface area contributed by atoms with Crippen molar-refractivity contribution in [2.24, 2.45) is 11.8 Å². The van der Waals surface area contributed by atoms with Gasteiger partial charge in [0.15, 0.2) is 0 Å². The molecule has 130 valence electrons. The zero-order valence-corrected chi connectivity index (χ0v) is 15.1. The van der Waals surface area contributed by atoms with Gasteiger partial charge in [-0.1, -0.05) is 20.8 Å². The van der Waals surface area contributed by atoms with Crippen LogP contribution in [-0.4, -0.2) is 39.3 Å². The van der Waals surface area contributed by atoms with E-state index in [0.717, 1.165) is 31.7 Å². The topological polar surface area (TPSA) is 49.6 Å². The number of pyridine rings is 1. The number of fused-ring (bicyclic) bond motifs is 1. The molecule has 2 unspecified atom stereocenters. The van der Waals surface area contributed by atoms with Gasteiger partial charge in [0.25, 0.3) is 0 Å². The van der Waals surface area contributed by atoms with Gasteiger partial charge in [-0.3, -0.25) is 4.79 Å². The van der Waals surface area contributed by atoms with Gasteiger partial charge in [-0.2, -0.15) is 0 Å². The normalized spacial score (nSPS) is 21.6. The van der Waals surface area contributed by atoms with E-state index in [9.17, 15) is 4.79 Å². The van der Waals surface area contributed by atoms with Crippen molar-refractivity contribution < 1.29 is 4.79 Å². The summed E-state index contributed by atoms with van der Waals surface area (Å²) in [6, 6.07) is 4.65. The molecule has 0 radical (unpaired) electrons. The van der Waals surface area contributed by atoms with Crippen LogP contribution in [0.4, 0.5) is 0 Å². The maximum Gasteiger partial charge on any atom is 0.225 e. The number of carbonyl (C=O) groups excluding carboxylic acids is 1. The molecule has 1 aliphatic rings. The molecule has 1 amide bonds. The van der Waals surface area contributed by atoms with E-state index in [1.165, 1.54) is 11.3 Å². The predicted molar refractivity (Wildman–Crippen MR) is 95.8 cm³/mol. The number of likely N-dealkylation sites (tertiary alicyclic amines) is 1. The Morgan fingerprint density at radius 3 is 2.96 bits per heavy atom. The first-order chi connectivity index (χ1) is 11.5. The maximum atomic E-state index is 12.2. The van der Waals surface area contributed by atoms with Crippen molar-refractivity contribution in [2.75, 3.05) is 13.1 Å². The summed E-state index contributed by atoms with van der Waals surface area (Å²) in [5, 5.41) is 3.67. The van der Waals surface area contributed by atoms with Crippen molar-refractivity contribution in [3.63, 3.8) is 0 Å². The van der Waals surface area contributed by atoms with Gasteiger partial charge in [0.05, 0.1) is 11.9 Å². The summed E-state index contributed by atoms with van der Waals surface area (Å²) in [5.74, 6) is 0.823. The first-order valence-electron chi connectivity index (χ1n) is 8.90. The van der Waals surface area contributed by atoms with Gasteiger partial charge in [-0.05, 0) is 37.0 Å². The molecule has 0 spiro atoms. The monoisotopic (exact) mass is 328 g/mol. The molecule has 0 saturated carbocycles. The van der Waals surface area contributed by atoms with Crippen molar-refractivity contribution in [1.82, 2.24) is 19.6 Å². The lowest BCUT2D eigenvalue weighted by Gasteiger charge is -2.38. The van der Waals surface area contributed by atoms with Crippen LogP contribution in [0, 0.1) is 18.8 Å². The number of carbonyl (C=O) groups is 1. The lowest BCUT2D eigenvalue weighted by atomic mass is 9.93. The van der Waals surface area contributed by atoms with Crippen molar-refractivity contribution in [2.45, 2.75) is 46.7 Å². The molecule has 2 aromatic heterocycles. The molecule has 1 aliphatic heterocycles. The van der Waals surface area contributed by atoms with Crippen LogP contribution in [0.25, 0.3) is 5.65 Å². The van der Waals surface area contributed by atoms with Crippen molar-refractivity contribution >= 4 is 11.6 Å². The lowest BCUT2D eigenvalue weighted by Crippen LogP contribution is -2.50. The maximum absolute atomic E-state index is 12.2. The summed E-state index contributed by atoms with van der Waals surface area (Å²) in [6.07, 6.45) is 5.04. The molecule has 2 atom stereocenters. The van der Waals surface area contributed by atoms with E-state index < -0.39 is 0 Å². The van der Waals surface area contributed by atoms with Crippen LogP contribution in [0.3, 0.4) is 0 Å². The molecule has 1 saturated heterocycles. The van der Waals surface area contributed by atoms with E-state index in [1.807, 2.05) is 24.9 Å². The average Bonchev–Trinajstić information content (AvgIpc) is 2.95. The largest absolute Gasteiger partial charge is 0.342 e. The second kappa shape index (κ2) is 6.93. The zero-order chi connectivity index (χ0) is 17.3. The summed E-state index contributed by atoms with van der Waals surface area (Å²) < 4.78 is 2.14. The van der Waals surface area contributed by atoms with Crippen molar-refractivity contribution in [3.05, 3.63) is 35.8 Å². The average molecular weight is 328 g/mol. The lowest BCUT2D eigenvalue weighted by molar-refractivity contribution is -0.136. The zero-order valence-electron chi connectivity index (χ0n) is 15.1. The fourth-order valence-corrected chi connectivity index (χ4v) is 3.52. The van der Waals surface area contributed by atoms with E-state index in [4.69, 9.17) is 0 Å². The number of rotatable bonds is 4. The highest BCUT2D eigenvalue weighted by Gasteiger charge is 2.29. The highest BCUT2D eigenvalue weighted by atomic mass is 16.2. The summed E-state index contributed by atoms with van der Waals surface area (Å²) in [4.78, 5) is 18.7. The highest BCUT2D eigenvalue weighted by molar-refractivity contribution is 5.78. The predicted octanol–water partition coefficient (Wildman–Crippen LogP) is 2.63. The van der Waals surface area contributed by atoms with E-state index in [0.29, 0.717) is 12.0 Å². The van der Waals surface area contributed by atoms with Gasteiger partial charge in [0, 0.05) is 37.8 Å². The standard InChI is InChI=1S/C19H28N4O/c1-13(2)19(24)22-7-6-17(15(4)12-22)20-10-16-11-21-18-9-14(3)5-8-23(16)18/h5,8-9,11,13,15,17,20H,6-7,10,12H2,1-4H3. The Balaban J connectivity index is 1.60. The molecule has 3 heterocycles. The second-order valence-electron chi connectivity index (χ2n) is 7.37. The van der Waals surface area contributed by atoms with Gasteiger partial charge >= 0.3 is 0 Å². The van der Waals surface area contributed by atoms with Gasteiger partial charge in [-0.15, -0.1) is 0 Å². The van der Waals surface area contributed by atoms with Crippen molar-refractivity contribution in [1.29, 1.82) is 0 Å². The third-order valence-electron chi connectivity index (χ3n) is 5.00. The fourth-order valence-electron chi connectivity index (χ4n) is 3.52. The van der Waals surface area contributed by atoms with E-state index in [2.05, 4.69) is 46.9 Å². The third-order valence-corrected chi connectivity index (χ3v) is 5.00. The number of amides is 1. The summed E-state index contributed by atoms with van der Waals surface area (Å²) in [7, 11) is 0. The summed E-state index contributed by atoms with van der Waals surface area (Å²) in [6.45, 7) is 10.8. The third kappa shape index (κ3) is 3.46. The first kappa shape index (κ1) is 17.0. The van der Waals surface area contributed by atoms with Crippen LogP contribution >= 0.6 is 0 Å². The van der Waals surface area contributed by atoms with Crippen molar-refractivity contribution in [3.8, 4) is 0 Å². The minimum absolute atomic E-state index is 0.0864. The Bertz CT molecular complexity index is 721. The molecule has 0 aliphatic carbocycles. The number of aromatic nitrogens is 2. The molecule has 1 N–H and O–H groups in total. The van der Waals surface area contributed by atoms with E-state index >= 15 is 0 Å². The van der Waals surface area contributed by atoms with Gasteiger partial charge in [-0.25, -0.2) is 4.98 Å². The SMILES string of the molecule is Cc1ccn2c(CNC3CCN(C(=O)C(C)C)CC3C)cnc2c1. The molecular formula is C19H28N4O. The first-order valence-corrected chi connectivity index (χ1v) is 8.90. The number of piperidine rings is 1. The number of imidazole rings is 1. The molecule has 0 bridgehead atoms. The Labute approximate surface area is 144 Å². The van der Waals surface area contributed by atoms with Crippen LogP contribution in [0.15, 0.2) is 24.5 Å². The molecule has 2 aromatic rings. The molecule has 5 nitrogen and oxygen atoms in total. The Morgan fingerprint density at radius 2 is 2.25 bits per heavy atom. The van der Waals surface area contributed by atoms with Crippen LogP contribution in [-0.2, 0) is 11.3 Å². The number of aryl methyl sites for hydroxylation is 1. The molecule has 0 aromatic carbocycles. The second-order valence-corrected chi connectivity index (χ2v) is 7.37. The quantitative estimate of drug-likeness (QED) is 0.938. The number of hydrogen-bond donors (Lipinski definition) is 1. The summed E-state index contributed by atoms with van der Waals surface area (Å²) >= 11 is 0. The minimum Gasteiger partial charge on any atom is -0.342 e. The highest BCUT2D eigenvalue weighted by Crippen LogP contribution is 2.19. The molecule has 24 heavy (non-hydrogen) atoms. The minimum atomic E-state index is 0.0864. The van der Waals surface area contributed by atoms with Crippen LogP contribution in [0.2, 0.25) is 0 Å². The number of hydrogen-bond acceptors (Lipinski definition) is 3. The fraction of sp³-hybridized carbons (Fsp3) is 0.579. The Kier molecular flexibility index (Phi) is 4.90. The molecule has 3 rings (SSSR count). The van der Waals surface area contributed by atoms with Gasteiger partial charge < -0.3 is 14.6 Å². The smallest absolute Gasteiger partial charge is 0.225 e. The molecule has 5 heteroatoms. The Morgan fingerprint density at radius 1 is 1.46 bits per heavy atom. The molecule has 1 fully saturated rings. The van der Waals surface area contributed by atoms with Gasteiger partial charge in [0.1, 0.15) is 5.65 Å². The molecular weight excluding hydrogens is 300 g/mol. The van der Waals surface area contributed by atoms with E-state index in [-0.39, 0.29) is 11.8 Å². The van der Waals surface area contributed by atoms with E-state index in [1.54, 1.807) is 0 Å². The number of nitrogens with zero attached hydrogens (tertiary/aromatic N) is 3. The van der Waals surface area contributed by atoms with Crippen LogP contribution in [0.1, 0.15) is 38.4 Å². The summed E-state index contributed by atoms with van der Waals surface area (Å²) in [5.41, 5.74) is 3.40. The van der Waals surface area contributed by atoms with Crippen LogP contribution < -0.4 is 5.32 Å². The Hall–Kier alpha value is -1.88. The van der Waals surface area contributed by atoms with Gasteiger partial charge in [0.2, 0.25) is 5.91 Å². The number of nitrogens with one attached hydrogen (secondary N) is 1.